The molecule has 21 heavy (non-hydrogen) atoms. The number of para-hydroxylation sites is 1. The first-order valence-corrected chi connectivity index (χ1v) is 6.92. The van der Waals surface area contributed by atoms with E-state index in [1.807, 2.05) is 31.2 Å². The Morgan fingerprint density at radius 2 is 1.86 bits per heavy atom. The zero-order chi connectivity index (χ0) is 15.2. The highest BCUT2D eigenvalue weighted by molar-refractivity contribution is 5.52. The number of rotatable bonds is 6. The predicted molar refractivity (Wildman–Crippen MR) is 82.6 cm³/mol. The number of nitrogens with one attached hydrogen (secondary N) is 1. The van der Waals surface area contributed by atoms with E-state index in [4.69, 9.17) is 9.47 Å². The van der Waals surface area contributed by atoms with Crippen LogP contribution < -0.4 is 14.8 Å². The van der Waals surface area contributed by atoms with Crippen molar-refractivity contribution in [2.24, 2.45) is 0 Å². The maximum atomic E-state index is 14.0. The van der Waals surface area contributed by atoms with Crippen molar-refractivity contribution in [3.8, 4) is 11.5 Å². The molecule has 0 fully saturated rings. The summed E-state index contributed by atoms with van der Waals surface area (Å²) in [7, 11) is 3.20. The highest BCUT2D eigenvalue weighted by atomic mass is 19.1. The zero-order valence-electron chi connectivity index (χ0n) is 12.5. The smallest absolute Gasteiger partial charge is 0.146 e. The first-order valence-electron chi connectivity index (χ1n) is 6.92. The van der Waals surface area contributed by atoms with E-state index in [1.54, 1.807) is 26.4 Å². The average molecular weight is 289 g/mol. The van der Waals surface area contributed by atoms with Crippen molar-refractivity contribution >= 4 is 5.69 Å². The zero-order valence-corrected chi connectivity index (χ0v) is 12.5. The largest absolute Gasteiger partial charge is 0.497 e. The molecule has 2 aromatic rings. The van der Waals surface area contributed by atoms with Crippen LogP contribution >= 0.6 is 0 Å². The lowest BCUT2D eigenvalue weighted by Crippen LogP contribution is -2.12. The SMILES string of the molecule is CCC(Nc1cc(OC)ccc1F)c1ccccc1OC. The fraction of sp³-hybridized carbons (Fsp3) is 0.294. The van der Waals surface area contributed by atoms with Gasteiger partial charge in [-0.25, -0.2) is 4.39 Å². The Morgan fingerprint density at radius 3 is 2.52 bits per heavy atom. The van der Waals surface area contributed by atoms with Crippen molar-refractivity contribution in [1.29, 1.82) is 0 Å². The number of hydrogen-bond donors (Lipinski definition) is 1. The molecule has 0 saturated heterocycles. The molecule has 112 valence electrons. The minimum Gasteiger partial charge on any atom is -0.497 e. The minimum atomic E-state index is -0.302. The molecular weight excluding hydrogens is 269 g/mol. The van der Waals surface area contributed by atoms with Gasteiger partial charge in [-0.15, -0.1) is 0 Å². The van der Waals surface area contributed by atoms with Crippen molar-refractivity contribution in [3.63, 3.8) is 0 Å². The summed E-state index contributed by atoms with van der Waals surface area (Å²) in [5, 5.41) is 3.23. The lowest BCUT2D eigenvalue weighted by atomic mass is 10.0. The third-order valence-electron chi connectivity index (χ3n) is 3.43. The van der Waals surface area contributed by atoms with Gasteiger partial charge in [0.25, 0.3) is 0 Å². The molecule has 2 rings (SSSR count). The van der Waals surface area contributed by atoms with E-state index in [-0.39, 0.29) is 11.9 Å². The molecule has 0 spiro atoms. The first kappa shape index (κ1) is 15.2. The van der Waals surface area contributed by atoms with Crippen LogP contribution in [0.2, 0.25) is 0 Å². The maximum absolute atomic E-state index is 14.0. The lowest BCUT2D eigenvalue weighted by Gasteiger charge is -2.21. The second kappa shape index (κ2) is 6.97. The summed E-state index contributed by atoms with van der Waals surface area (Å²) < 4.78 is 24.5. The molecule has 3 nitrogen and oxygen atoms in total. The average Bonchev–Trinajstić information content (AvgIpc) is 2.54. The fourth-order valence-corrected chi connectivity index (χ4v) is 2.28. The molecule has 0 aliphatic heterocycles. The van der Waals surface area contributed by atoms with Crippen molar-refractivity contribution in [1.82, 2.24) is 0 Å². The van der Waals surface area contributed by atoms with E-state index in [1.165, 1.54) is 6.07 Å². The van der Waals surface area contributed by atoms with Crippen molar-refractivity contribution < 1.29 is 13.9 Å². The van der Waals surface area contributed by atoms with Crippen LogP contribution in [0.15, 0.2) is 42.5 Å². The standard InChI is InChI=1S/C17H20FNO2/c1-4-15(13-7-5-6-8-17(13)21-3)19-16-11-12(20-2)9-10-14(16)18/h5-11,15,19H,4H2,1-3H3. The number of anilines is 1. The molecule has 2 aromatic carbocycles. The number of halogens is 1. The summed E-state index contributed by atoms with van der Waals surface area (Å²) in [6, 6.07) is 12.4. The Balaban J connectivity index is 2.31. The molecule has 1 N–H and O–H groups in total. The molecule has 4 heteroatoms. The van der Waals surface area contributed by atoms with Crippen LogP contribution in [0.3, 0.4) is 0 Å². The van der Waals surface area contributed by atoms with Crippen molar-refractivity contribution in [2.45, 2.75) is 19.4 Å². The Labute approximate surface area is 124 Å². The normalized spacial score (nSPS) is 11.8. The molecule has 0 aromatic heterocycles. The number of hydrogen-bond acceptors (Lipinski definition) is 3. The van der Waals surface area contributed by atoms with Gasteiger partial charge in [-0.3, -0.25) is 0 Å². The summed E-state index contributed by atoms with van der Waals surface area (Å²) in [6.07, 6.45) is 0.803. The van der Waals surface area contributed by atoms with E-state index in [9.17, 15) is 4.39 Å². The summed E-state index contributed by atoms with van der Waals surface area (Å²) >= 11 is 0. The van der Waals surface area contributed by atoms with Gasteiger partial charge in [-0.05, 0) is 24.6 Å². The lowest BCUT2D eigenvalue weighted by molar-refractivity contribution is 0.406. The van der Waals surface area contributed by atoms with Gasteiger partial charge in [-0.2, -0.15) is 0 Å². The Hall–Kier alpha value is -2.23. The van der Waals surface area contributed by atoms with Crippen molar-refractivity contribution in [2.75, 3.05) is 19.5 Å². The van der Waals surface area contributed by atoms with Crippen LogP contribution in [0.1, 0.15) is 24.9 Å². The van der Waals surface area contributed by atoms with Crippen LogP contribution in [0.5, 0.6) is 11.5 Å². The molecule has 1 atom stereocenters. The highest BCUT2D eigenvalue weighted by Gasteiger charge is 2.16. The summed E-state index contributed by atoms with van der Waals surface area (Å²) in [5.74, 6) is 1.11. The number of benzene rings is 2. The van der Waals surface area contributed by atoms with Crippen molar-refractivity contribution in [3.05, 3.63) is 53.8 Å². The first-order chi connectivity index (χ1) is 10.2. The number of ether oxygens (including phenoxy) is 2. The van der Waals surface area contributed by atoms with Gasteiger partial charge in [0, 0.05) is 11.6 Å². The van der Waals surface area contributed by atoms with Gasteiger partial charge in [0.2, 0.25) is 0 Å². The van der Waals surface area contributed by atoms with Crippen LogP contribution in [-0.2, 0) is 0 Å². The fourth-order valence-electron chi connectivity index (χ4n) is 2.28. The topological polar surface area (TPSA) is 30.5 Å². The summed E-state index contributed by atoms with van der Waals surface area (Å²) in [5.41, 5.74) is 1.43. The molecular formula is C17H20FNO2. The molecule has 0 saturated carbocycles. The van der Waals surface area contributed by atoms with E-state index in [0.29, 0.717) is 11.4 Å². The van der Waals surface area contributed by atoms with Gasteiger partial charge >= 0.3 is 0 Å². The molecule has 0 aliphatic carbocycles. The molecule has 0 heterocycles. The number of methoxy groups -OCH3 is 2. The van der Waals surface area contributed by atoms with Gasteiger partial charge in [0.05, 0.1) is 25.9 Å². The predicted octanol–water partition coefficient (Wildman–Crippen LogP) is 4.41. The third kappa shape index (κ3) is 3.45. The summed E-state index contributed by atoms with van der Waals surface area (Å²) in [6.45, 7) is 2.04. The molecule has 0 radical (unpaired) electrons. The molecule has 0 bridgehead atoms. The monoisotopic (exact) mass is 289 g/mol. The van der Waals surface area contributed by atoms with Gasteiger partial charge in [-0.1, -0.05) is 25.1 Å². The van der Waals surface area contributed by atoms with Gasteiger partial charge in [0.1, 0.15) is 17.3 Å². The van der Waals surface area contributed by atoms with E-state index >= 15 is 0 Å². The van der Waals surface area contributed by atoms with Crippen LogP contribution in [0.4, 0.5) is 10.1 Å². The van der Waals surface area contributed by atoms with Crippen LogP contribution in [0, 0.1) is 5.82 Å². The molecule has 0 aliphatic rings. The minimum absolute atomic E-state index is 0.0391. The third-order valence-corrected chi connectivity index (χ3v) is 3.43. The second-order valence-corrected chi connectivity index (χ2v) is 4.69. The summed E-state index contributed by atoms with van der Waals surface area (Å²) in [4.78, 5) is 0. The van der Waals surface area contributed by atoms with Crippen LogP contribution in [0.25, 0.3) is 0 Å². The second-order valence-electron chi connectivity index (χ2n) is 4.69. The van der Waals surface area contributed by atoms with Gasteiger partial charge < -0.3 is 14.8 Å². The Bertz CT molecular complexity index is 601. The molecule has 1 unspecified atom stereocenters. The van der Waals surface area contributed by atoms with E-state index in [2.05, 4.69) is 5.32 Å². The van der Waals surface area contributed by atoms with E-state index < -0.39 is 0 Å². The maximum Gasteiger partial charge on any atom is 0.146 e. The van der Waals surface area contributed by atoms with Crippen LogP contribution in [-0.4, -0.2) is 14.2 Å². The molecule has 0 amide bonds. The highest BCUT2D eigenvalue weighted by Crippen LogP contribution is 2.31. The Kier molecular flexibility index (Phi) is 5.04. The Morgan fingerprint density at radius 1 is 1.10 bits per heavy atom. The van der Waals surface area contributed by atoms with E-state index in [0.717, 1.165) is 17.7 Å². The van der Waals surface area contributed by atoms with Gasteiger partial charge in [0.15, 0.2) is 0 Å². The quantitative estimate of drug-likeness (QED) is 0.854.